The van der Waals surface area contributed by atoms with E-state index in [0.29, 0.717) is 12.8 Å². The first-order chi connectivity index (χ1) is 9.49. The number of hydrogen-bond acceptors (Lipinski definition) is 3. The summed E-state index contributed by atoms with van der Waals surface area (Å²) < 4.78 is 0. The van der Waals surface area contributed by atoms with Crippen LogP contribution in [-0.2, 0) is 9.59 Å². The monoisotopic (exact) mass is 276 g/mol. The highest BCUT2D eigenvalue weighted by Crippen LogP contribution is 2.36. The van der Waals surface area contributed by atoms with Gasteiger partial charge < -0.3 is 10.4 Å². The van der Waals surface area contributed by atoms with E-state index in [1.54, 1.807) is 12.4 Å². The molecule has 1 heterocycles. The summed E-state index contributed by atoms with van der Waals surface area (Å²) in [5.74, 6) is -1.75. The molecule has 5 heteroatoms. The molecule has 1 aliphatic rings. The van der Waals surface area contributed by atoms with Crippen LogP contribution in [0, 0.1) is 17.8 Å². The van der Waals surface area contributed by atoms with Gasteiger partial charge in [-0.25, -0.2) is 0 Å². The first-order valence-electron chi connectivity index (χ1n) is 6.92. The molecule has 2 N–H and O–H groups in total. The fourth-order valence-corrected chi connectivity index (χ4v) is 2.89. The molecule has 2 rings (SSSR count). The van der Waals surface area contributed by atoms with Crippen LogP contribution in [0.4, 0.5) is 0 Å². The van der Waals surface area contributed by atoms with Crippen LogP contribution < -0.4 is 5.32 Å². The second-order valence-electron chi connectivity index (χ2n) is 5.64. The molecule has 0 spiro atoms. The summed E-state index contributed by atoms with van der Waals surface area (Å²) in [4.78, 5) is 27.5. The molecule has 1 fully saturated rings. The van der Waals surface area contributed by atoms with Gasteiger partial charge in [-0.05, 0) is 37.3 Å². The van der Waals surface area contributed by atoms with Crippen molar-refractivity contribution in [1.82, 2.24) is 10.3 Å². The Bertz CT molecular complexity index is 489. The number of nitrogens with one attached hydrogen (secondary N) is 1. The predicted octanol–water partition coefficient (Wildman–Crippen LogP) is 2.01. The Morgan fingerprint density at radius 1 is 1.40 bits per heavy atom. The van der Waals surface area contributed by atoms with E-state index in [1.807, 2.05) is 26.0 Å². The van der Waals surface area contributed by atoms with E-state index in [-0.39, 0.29) is 17.9 Å². The highest BCUT2D eigenvalue weighted by Gasteiger charge is 2.41. The number of amides is 1. The third-order valence-electron chi connectivity index (χ3n) is 4.00. The van der Waals surface area contributed by atoms with Crippen LogP contribution >= 0.6 is 0 Å². The van der Waals surface area contributed by atoms with Crippen LogP contribution in [0.5, 0.6) is 0 Å². The van der Waals surface area contributed by atoms with E-state index in [9.17, 15) is 14.7 Å². The Hall–Kier alpha value is -1.91. The van der Waals surface area contributed by atoms with Gasteiger partial charge in [0.2, 0.25) is 5.91 Å². The Kier molecular flexibility index (Phi) is 4.37. The van der Waals surface area contributed by atoms with Crippen molar-refractivity contribution in [2.45, 2.75) is 32.7 Å². The molecule has 0 radical (unpaired) electrons. The summed E-state index contributed by atoms with van der Waals surface area (Å²) in [6.45, 7) is 3.87. The highest BCUT2D eigenvalue weighted by molar-refractivity contribution is 5.85. The second-order valence-corrected chi connectivity index (χ2v) is 5.64. The summed E-state index contributed by atoms with van der Waals surface area (Å²) in [5, 5.41) is 12.1. The first kappa shape index (κ1) is 14.5. The minimum Gasteiger partial charge on any atom is -0.481 e. The molecule has 1 aromatic rings. The SMILES string of the molecule is CC1CC(C(=O)O)C(C(=O)NC(C)c2cccnc2)C1. The van der Waals surface area contributed by atoms with Gasteiger partial charge in [0, 0.05) is 12.4 Å². The zero-order valence-electron chi connectivity index (χ0n) is 11.7. The number of pyridine rings is 1. The van der Waals surface area contributed by atoms with Crippen molar-refractivity contribution in [2.24, 2.45) is 17.8 Å². The van der Waals surface area contributed by atoms with E-state index < -0.39 is 17.8 Å². The van der Waals surface area contributed by atoms with Gasteiger partial charge in [-0.2, -0.15) is 0 Å². The first-order valence-corrected chi connectivity index (χ1v) is 6.92. The van der Waals surface area contributed by atoms with Gasteiger partial charge in [-0.1, -0.05) is 13.0 Å². The number of carboxylic acids is 1. The summed E-state index contributed by atoms with van der Waals surface area (Å²) in [6.07, 6.45) is 4.60. The number of aromatic nitrogens is 1. The third kappa shape index (κ3) is 3.15. The maximum Gasteiger partial charge on any atom is 0.307 e. The Morgan fingerprint density at radius 2 is 2.10 bits per heavy atom. The lowest BCUT2D eigenvalue weighted by atomic mass is 9.95. The quantitative estimate of drug-likeness (QED) is 0.881. The molecule has 0 aromatic carbocycles. The molecule has 1 aromatic heterocycles. The number of hydrogen-bond donors (Lipinski definition) is 2. The zero-order valence-corrected chi connectivity index (χ0v) is 11.7. The zero-order chi connectivity index (χ0) is 14.7. The molecule has 1 aliphatic carbocycles. The molecule has 108 valence electrons. The van der Waals surface area contributed by atoms with Crippen LogP contribution in [0.25, 0.3) is 0 Å². The van der Waals surface area contributed by atoms with Gasteiger partial charge >= 0.3 is 5.97 Å². The van der Waals surface area contributed by atoms with Crippen molar-refractivity contribution in [3.8, 4) is 0 Å². The number of aliphatic carboxylic acids is 1. The van der Waals surface area contributed by atoms with Crippen LogP contribution in [0.3, 0.4) is 0 Å². The maximum atomic E-state index is 12.3. The van der Waals surface area contributed by atoms with Gasteiger partial charge in [0.1, 0.15) is 0 Å². The minimum absolute atomic E-state index is 0.165. The molecule has 1 amide bonds. The predicted molar refractivity (Wildman–Crippen MR) is 73.8 cm³/mol. The number of carbonyl (C=O) groups is 2. The van der Waals surface area contributed by atoms with Gasteiger partial charge in [-0.15, -0.1) is 0 Å². The van der Waals surface area contributed by atoms with Gasteiger partial charge in [0.05, 0.1) is 17.9 Å². The number of carboxylic acid groups (broad SMARTS) is 1. The summed E-state index contributed by atoms with van der Waals surface area (Å²) in [7, 11) is 0. The topological polar surface area (TPSA) is 79.3 Å². The van der Waals surface area contributed by atoms with Gasteiger partial charge in [-0.3, -0.25) is 14.6 Å². The normalized spacial score (nSPS) is 27.0. The van der Waals surface area contributed by atoms with Crippen LogP contribution in [-0.4, -0.2) is 22.0 Å². The number of nitrogens with zero attached hydrogens (tertiary/aromatic N) is 1. The lowest BCUT2D eigenvalue weighted by Crippen LogP contribution is -2.36. The molecule has 0 aliphatic heterocycles. The molecule has 4 unspecified atom stereocenters. The summed E-state index contributed by atoms with van der Waals surface area (Å²) in [5.41, 5.74) is 0.916. The maximum absolute atomic E-state index is 12.3. The summed E-state index contributed by atoms with van der Waals surface area (Å²) in [6, 6.07) is 3.54. The molecule has 1 saturated carbocycles. The van der Waals surface area contributed by atoms with E-state index in [2.05, 4.69) is 10.3 Å². The summed E-state index contributed by atoms with van der Waals surface area (Å²) >= 11 is 0. The fraction of sp³-hybridized carbons (Fsp3) is 0.533. The Balaban J connectivity index is 2.02. The molecule has 4 atom stereocenters. The van der Waals surface area contributed by atoms with E-state index in [1.165, 1.54) is 0 Å². The van der Waals surface area contributed by atoms with Gasteiger partial charge in [0.25, 0.3) is 0 Å². The third-order valence-corrected chi connectivity index (χ3v) is 4.00. The lowest BCUT2D eigenvalue weighted by molar-refractivity contribution is -0.146. The van der Waals surface area contributed by atoms with Crippen molar-refractivity contribution in [2.75, 3.05) is 0 Å². The van der Waals surface area contributed by atoms with Crippen molar-refractivity contribution >= 4 is 11.9 Å². The smallest absolute Gasteiger partial charge is 0.307 e. The molecular weight excluding hydrogens is 256 g/mol. The highest BCUT2D eigenvalue weighted by atomic mass is 16.4. The Morgan fingerprint density at radius 3 is 2.70 bits per heavy atom. The Labute approximate surface area is 118 Å². The molecule has 0 saturated heterocycles. The van der Waals surface area contributed by atoms with Crippen molar-refractivity contribution < 1.29 is 14.7 Å². The number of carbonyl (C=O) groups excluding carboxylic acids is 1. The largest absolute Gasteiger partial charge is 0.481 e. The van der Waals surface area contributed by atoms with E-state index in [0.717, 1.165) is 5.56 Å². The van der Waals surface area contributed by atoms with Crippen LogP contribution in [0.2, 0.25) is 0 Å². The van der Waals surface area contributed by atoms with E-state index >= 15 is 0 Å². The number of rotatable bonds is 4. The molecule has 5 nitrogen and oxygen atoms in total. The van der Waals surface area contributed by atoms with Crippen molar-refractivity contribution in [3.63, 3.8) is 0 Å². The van der Waals surface area contributed by atoms with Crippen LogP contribution in [0.1, 0.15) is 38.3 Å². The average molecular weight is 276 g/mol. The molecular formula is C15H20N2O3. The average Bonchev–Trinajstić information content (AvgIpc) is 2.82. The van der Waals surface area contributed by atoms with Crippen LogP contribution in [0.15, 0.2) is 24.5 Å². The molecule has 20 heavy (non-hydrogen) atoms. The fourth-order valence-electron chi connectivity index (χ4n) is 2.89. The van der Waals surface area contributed by atoms with Crippen molar-refractivity contribution in [3.05, 3.63) is 30.1 Å². The van der Waals surface area contributed by atoms with E-state index in [4.69, 9.17) is 0 Å². The molecule has 0 bridgehead atoms. The second kappa shape index (κ2) is 6.03. The van der Waals surface area contributed by atoms with Crippen molar-refractivity contribution in [1.29, 1.82) is 0 Å². The lowest BCUT2D eigenvalue weighted by Gasteiger charge is -2.19. The minimum atomic E-state index is -0.872. The van der Waals surface area contributed by atoms with Gasteiger partial charge in [0.15, 0.2) is 0 Å². The standard InChI is InChI=1S/C15H20N2O3/c1-9-6-12(13(7-9)15(19)20)14(18)17-10(2)11-4-3-5-16-8-11/h3-5,8-10,12-13H,6-7H2,1-2H3,(H,17,18)(H,19,20).